The molecule has 1 aliphatic heterocycles. The van der Waals surface area contributed by atoms with Crippen molar-refractivity contribution in [2.24, 2.45) is 0 Å². The average molecular weight is 338 g/mol. The SMILES string of the molecule is Cc1ccc2nnc(C3CCN(Cc4cc(C5CC5)on4)CC3)n2n1. The topological polar surface area (TPSA) is 72.4 Å². The maximum atomic E-state index is 5.46. The van der Waals surface area contributed by atoms with Gasteiger partial charge in [-0.15, -0.1) is 10.2 Å². The van der Waals surface area contributed by atoms with Crippen molar-refractivity contribution in [3.05, 3.63) is 41.2 Å². The van der Waals surface area contributed by atoms with Crippen LogP contribution in [0, 0.1) is 6.92 Å². The molecule has 0 unspecified atom stereocenters. The van der Waals surface area contributed by atoms with E-state index in [0.29, 0.717) is 11.8 Å². The quantitative estimate of drug-likeness (QED) is 0.728. The van der Waals surface area contributed by atoms with E-state index in [1.54, 1.807) is 0 Å². The summed E-state index contributed by atoms with van der Waals surface area (Å²) in [6.45, 7) is 4.95. The number of fused-ring (bicyclic) bond motifs is 1. The lowest BCUT2D eigenvalue weighted by Crippen LogP contribution is -2.33. The van der Waals surface area contributed by atoms with Gasteiger partial charge in [-0.2, -0.15) is 9.61 Å². The minimum atomic E-state index is 0.417. The first-order chi connectivity index (χ1) is 12.3. The summed E-state index contributed by atoms with van der Waals surface area (Å²) in [4.78, 5) is 2.45. The van der Waals surface area contributed by atoms with E-state index >= 15 is 0 Å². The van der Waals surface area contributed by atoms with Crippen LogP contribution in [0.1, 0.15) is 60.5 Å². The summed E-state index contributed by atoms with van der Waals surface area (Å²) in [7, 11) is 0. The summed E-state index contributed by atoms with van der Waals surface area (Å²) in [5.74, 6) is 3.11. The molecule has 2 aliphatic rings. The molecule has 25 heavy (non-hydrogen) atoms. The van der Waals surface area contributed by atoms with Crippen LogP contribution in [-0.4, -0.2) is 43.0 Å². The molecule has 4 heterocycles. The fraction of sp³-hybridized carbons (Fsp3) is 0.556. The monoisotopic (exact) mass is 338 g/mol. The molecule has 0 bridgehead atoms. The third kappa shape index (κ3) is 2.93. The van der Waals surface area contributed by atoms with Gasteiger partial charge in [-0.05, 0) is 57.8 Å². The van der Waals surface area contributed by atoms with Gasteiger partial charge in [0.2, 0.25) is 0 Å². The molecule has 3 aromatic heterocycles. The summed E-state index contributed by atoms with van der Waals surface area (Å²) in [6.07, 6.45) is 4.65. The number of hydrogen-bond acceptors (Lipinski definition) is 6. The van der Waals surface area contributed by atoms with Crippen LogP contribution in [0.25, 0.3) is 5.65 Å². The van der Waals surface area contributed by atoms with Gasteiger partial charge < -0.3 is 4.52 Å². The number of piperidine rings is 1. The van der Waals surface area contributed by atoms with Crippen molar-refractivity contribution < 1.29 is 4.52 Å². The molecule has 2 fully saturated rings. The Kier molecular flexibility index (Phi) is 3.55. The van der Waals surface area contributed by atoms with E-state index in [4.69, 9.17) is 4.52 Å². The highest BCUT2D eigenvalue weighted by atomic mass is 16.5. The molecule has 1 aliphatic carbocycles. The number of aromatic nitrogens is 5. The van der Waals surface area contributed by atoms with E-state index in [0.717, 1.165) is 61.1 Å². The fourth-order valence-electron chi connectivity index (χ4n) is 3.69. The zero-order valence-electron chi connectivity index (χ0n) is 14.4. The van der Waals surface area contributed by atoms with Crippen LogP contribution < -0.4 is 0 Å². The zero-order chi connectivity index (χ0) is 16.8. The summed E-state index contributed by atoms with van der Waals surface area (Å²) in [6, 6.07) is 6.10. The lowest BCUT2D eigenvalue weighted by atomic mass is 9.96. The fourth-order valence-corrected chi connectivity index (χ4v) is 3.69. The third-order valence-electron chi connectivity index (χ3n) is 5.32. The number of hydrogen-bond donors (Lipinski definition) is 0. The third-order valence-corrected chi connectivity index (χ3v) is 5.32. The first-order valence-corrected chi connectivity index (χ1v) is 9.13. The van der Waals surface area contributed by atoms with E-state index in [9.17, 15) is 0 Å². The second-order valence-corrected chi connectivity index (χ2v) is 7.35. The molecule has 0 radical (unpaired) electrons. The molecule has 7 heteroatoms. The molecular formula is C18H22N6O. The minimum absolute atomic E-state index is 0.417. The molecule has 0 aromatic carbocycles. The predicted octanol–water partition coefficient (Wildman–Crippen LogP) is 2.68. The van der Waals surface area contributed by atoms with Crippen molar-refractivity contribution in [3.8, 4) is 0 Å². The van der Waals surface area contributed by atoms with E-state index < -0.39 is 0 Å². The van der Waals surface area contributed by atoms with Gasteiger partial charge in [-0.1, -0.05) is 5.16 Å². The molecule has 3 aromatic rings. The Bertz CT molecular complexity index is 888. The summed E-state index contributed by atoms with van der Waals surface area (Å²) < 4.78 is 7.37. The van der Waals surface area contributed by atoms with Gasteiger partial charge in [0.15, 0.2) is 11.5 Å². The number of aryl methyl sites for hydroxylation is 1. The van der Waals surface area contributed by atoms with Crippen molar-refractivity contribution in [2.45, 2.75) is 51.0 Å². The first-order valence-electron chi connectivity index (χ1n) is 9.13. The second-order valence-electron chi connectivity index (χ2n) is 7.35. The van der Waals surface area contributed by atoms with Crippen molar-refractivity contribution in [1.29, 1.82) is 0 Å². The Morgan fingerprint density at radius 3 is 2.72 bits per heavy atom. The van der Waals surface area contributed by atoms with Crippen LogP contribution in [0.2, 0.25) is 0 Å². The smallest absolute Gasteiger partial charge is 0.177 e. The number of nitrogens with zero attached hydrogens (tertiary/aromatic N) is 6. The van der Waals surface area contributed by atoms with Crippen LogP contribution >= 0.6 is 0 Å². The van der Waals surface area contributed by atoms with Crippen LogP contribution in [0.4, 0.5) is 0 Å². The predicted molar refractivity (Wildman–Crippen MR) is 91.2 cm³/mol. The van der Waals surface area contributed by atoms with Crippen molar-refractivity contribution in [2.75, 3.05) is 13.1 Å². The normalized spacial score (nSPS) is 19.7. The molecular weight excluding hydrogens is 316 g/mol. The van der Waals surface area contributed by atoms with Crippen molar-refractivity contribution >= 4 is 5.65 Å². The van der Waals surface area contributed by atoms with Gasteiger partial charge in [0.25, 0.3) is 0 Å². The molecule has 130 valence electrons. The van der Waals surface area contributed by atoms with E-state index in [-0.39, 0.29) is 0 Å². The molecule has 5 rings (SSSR count). The Hall–Kier alpha value is -2.28. The lowest BCUT2D eigenvalue weighted by molar-refractivity contribution is 0.195. The van der Waals surface area contributed by atoms with Crippen molar-refractivity contribution in [3.63, 3.8) is 0 Å². The molecule has 0 N–H and O–H groups in total. The Labute approximate surface area is 146 Å². The highest BCUT2D eigenvalue weighted by Gasteiger charge is 2.29. The molecule has 0 spiro atoms. The second kappa shape index (κ2) is 5.91. The van der Waals surface area contributed by atoms with E-state index in [2.05, 4.69) is 31.4 Å². The first kappa shape index (κ1) is 15.0. The molecule has 0 atom stereocenters. The van der Waals surface area contributed by atoms with Gasteiger partial charge in [0.05, 0.1) is 11.4 Å². The minimum Gasteiger partial charge on any atom is -0.361 e. The largest absolute Gasteiger partial charge is 0.361 e. The average Bonchev–Trinajstić information content (AvgIpc) is 3.23. The lowest BCUT2D eigenvalue weighted by Gasteiger charge is -2.30. The van der Waals surface area contributed by atoms with Gasteiger partial charge in [-0.25, -0.2) is 0 Å². The maximum absolute atomic E-state index is 5.46. The molecule has 7 nitrogen and oxygen atoms in total. The Balaban J connectivity index is 1.25. The molecule has 0 amide bonds. The highest BCUT2D eigenvalue weighted by molar-refractivity contribution is 5.36. The van der Waals surface area contributed by atoms with Crippen LogP contribution in [0.15, 0.2) is 22.7 Å². The number of rotatable bonds is 4. The van der Waals surface area contributed by atoms with Gasteiger partial charge in [0, 0.05) is 24.4 Å². The van der Waals surface area contributed by atoms with E-state index in [1.807, 2.05) is 23.6 Å². The van der Waals surface area contributed by atoms with Crippen LogP contribution in [-0.2, 0) is 6.54 Å². The molecule has 1 saturated heterocycles. The van der Waals surface area contributed by atoms with Crippen LogP contribution in [0.3, 0.4) is 0 Å². The highest BCUT2D eigenvalue weighted by Crippen LogP contribution is 2.40. The maximum Gasteiger partial charge on any atom is 0.177 e. The summed E-state index contributed by atoms with van der Waals surface area (Å²) in [5, 5.41) is 17.5. The van der Waals surface area contributed by atoms with Crippen LogP contribution in [0.5, 0.6) is 0 Å². The van der Waals surface area contributed by atoms with Gasteiger partial charge in [-0.3, -0.25) is 4.90 Å². The Morgan fingerprint density at radius 2 is 1.92 bits per heavy atom. The standard InChI is InChI=1S/C18H22N6O/c1-12-2-5-17-19-20-18(24(17)21-12)14-6-8-23(9-7-14)11-15-10-16(25-22-15)13-3-4-13/h2,5,10,13-14H,3-4,6-9,11H2,1H3. The summed E-state index contributed by atoms with van der Waals surface area (Å²) in [5.41, 5.74) is 2.88. The van der Waals surface area contributed by atoms with Gasteiger partial charge in [0.1, 0.15) is 5.76 Å². The van der Waals surface area contributed by atoms with E-state index in [1.165, 1.54) is 12.8 Å². The van der Waals surface area contributed by atoms with Gasteiger partial charge >= 0.3 is 0 Å². The van der Waals surface area contributed by atoms with Crippen molar-refractivity contribution in [1.82, 2.24) is 29.9 Å². The zero-order valence-corrected chi connectivity index (χ0v) is 14.4. The Morgan fingerprint density at radius 1 is 1.08 bits per heavy atom. The molecule has 1 saturated carbocycles. The number of likely N-dealkylation sites (tertiary alicyclic amines) is 1. The summed E-state index contributed by atoms with van der Waals surface area (Å²) >= 11 is 0.